The zero-order valence-electron chi connectivity index (χ0n) is 13.8. The lowest BCUT2D eigenvalue weighted by Crippen LogP contribution is -2.23. The molecule has 0 heterocycles. The molecular weight excluding hydrogens is 366 g/mol. The average molecular weight is 384 g/mol. The molecule has 6 nitrogen and oxygen atoms in total. The van der Waals surface area contributed by atoms with Crippen molar-refractivity contribution in [1.82, 2.24) is 4.31 Å². The Bertz CT molecular complexity index is 837. The highest BCUT2D eigenvalue weighted by molar-refractivity contribution is 7.89. The number of carbonyl (C=O) groups excluding carboxylic acids is 1. The summed E-state index contributed by atoms with van der Waals surface area (Å²) < 4.78 is 36.0. The maximum Gasteiger partial charge on any atom is 0.338 e. The van der Waals surface area contributed by atoms with Crippen molar-refractivity contribution in [2.45, 2.75) is 4.90 Å². The van der Waals surface area contributed by atoms with E-state index in [0.29, 0.717) is 5.75 Å². The van der Waals surface area contributed by atoms with Crippen LogP contribution in [0.1, 0.15) is 10.4 Å². The van der Waals surface area contributed by atoms with Crippen LogP contribution in [0.15, 0.2) is 53.4 Å². The van der Waals surface area contributed by atoms with Crippen LogP contribution in [0.4, 0.5) is 0 Å². The van der Waals surface area contributed by atoms with Crippen LogP contribution in [0.5, 0.6) is 5.75 Å². The van der Waals surface area contributed by atoms with Crippen LogP contribution in [0.3, 0.4) is 0 Å². The summed E-state index contributed by atoms with van der Waals surface area (Å²) in [7, 11) is -0.983. The van der Waals surface area contributed by atoms with E-state index in [9.17, 15) is 13.2 Å². The van der Waals surface area contributed by atoms with Crippen LogP contribution in [-0.2, 0) is 14.8 Å². The lowest BCUT2D eigenvalue weighted by Gasteiger charge is -2.13. The molecule has 0 aromatic heterocycles. The van der Waals surface area contributed by atoms with Gasteiger partial charge in [-0.1, -0.05) is 29.8 Å². The first-order valence-electron chi connectivity index (χ1n) is 7.39. The third-order valence-electron chi connectivity index (χ3n) is 3.25. The topological polar surface area (TPSA) is 72.9 Å². The summed E-state index contributed by atoms with van der Waals surface area (Å²) >= 11 is 5.95. The van der Waals surface area contributed by atoms with E-state index in [-0.39, 0.29) is 28.7 Å². The van der Waals surface area contributed by atoms with Crippen LogP contribution in [-0.4, -0.2) is 46.0 Å². The molecule has 0 spiro atoms. The molecule has 0 amide bonds. The molecular formula is C17H18ClNO5S. The number of benzene rings is 2. The lowest BCUT2D eigenvalue weighted by atomic mass is 10.2. The molecule has 0 unspecified atom stereocenters. The van der Waals surface area contributed by atoms with Crippen LogP contribution < -0.4 is 4.74 Å². The van der Waals surface area contributed by atoms with Crippen molar-refractivity contribution in [2.24, 2.45) is 0 Å². The fourth-order valence-corrected chi connectivity index (χ4v) is 3.31. The Balaban J connectivity index is 2.00. The summed E-state index contributed by atoms with van der Waals surface area (Å²) in [6.45, 7) is 0.221. The molecule has 0 fully saturated rings. The SMILES string of the molecule is CN(C)S(=O)(=O)c1cc(C(=O)OCCOc2ccccc2)ccc1Cl. The molecule has 2 aromatic rings. The van der Waals surface area contributed by atoms with Crippen molar-refractivity contribution in [3.8, 4) is 5.75 Å². The number of esters is 1. The van der Waals surface area contributed by atoms with E-state index in [0.717, 1.165) is 4.31 Å². The van der Waals surface area contributed by atoms with Gasteiger partial charge in [-0.15, -0.1) is 0 Å². The number of hydrogen-bond donors (Lipinski definition) is 0. The van der Waals surface area contributed by atoms with Gasteiger partial charge in [0.15, 0.2) is 0 Å². The molecule has 8 heteroatoms. The normalized spacial score (nSPS) is 11.4. The Morgan fingerprint density at radius 1 is 1.08 bits per heavy atom. The molecule has 0 saturated heterocycles. The highest BCUT2D eigenvalue weighted by atomic mass is 35.5. The van der Waals surface area contributed by atoms with E-state index in [4.69, 9.17) is 21.1 Å². The van der Waals surface area contributed by atoms with E-state index in [1.165, 1.54) is 32.3 Å². The minimum absolute atomic E-state index is 0.0338. The number of hydrogen-bond acceptors (Lipinski definition) is 5. The first-order chi connectivity index (χ1) is 11.8. The van der Waals surface area contributed by atoms with Gasteiger partial charge < -0.3 is 9.47 Å². The van der Waals surface area contributed by atoms with E-state index >= 15 is 0 Å². The molecule has 0 aliphatic rings. The summed E-state index contributed by atoms with van der Waals surface area (Å²) in [5.41, 5.74) is 0.101. The van der Waals surface area contributed by atoms with Gasteiger partial charge in [0.25, 0.3) is 0 Å². The number of carbonyl (C=O) groups is 1. The monoisotopic (exact) mass is 383 g/mol. The van der Waals surface area contributed by atoms with Gasteiger partial charge in [0.2, 0.25) is 10.0 Å². The second-order valence-electron chi connectivity index (χ2n) is 5.23. The van der Waals surface area contributed by atoms with Gasteiger partial charge in [0.1, 0.15) is 23.9 Å². The molecule has 134 valence electrons. The number of halogens is 1. The molecule has 0 saturated carbocycles. The van der Waals surface area contributed by atoms with Gasteiger partial charge in [-0.05, 0) is 30.3 Å². The minimum atomic E-state index is -3.76. The predicted octanol–water partition coefficient (Wildman–Crippen LogP) is 2.83. The zero-order chi connectivity index (χ0) is 18.4. The quantitative estimate of drug-likeness (QED) is 0.543. The largest absolute Gasteiger partial charge is 0.490 e. The minimum Gasteiger partial charge on any atom is -0.490 e. The van der Waals surface area contributed by atoms with Crippen LogP contribution in [0.25, 0.3) is 0 Å². The fraction of sp³-hybridized carbons (Fsp3) is 0.235. The van der Waals surface area contributed by atoms with Crippen LogP contribution in [0, 0.1) is 0 Å². The summed E-state index contributed by atoms with van der Waals surface area (Å²) in [5.74, 6) is 0.0212. The van der Waals surface area contributed by atoms with Crippen LogP contribution in [0.2, 0.25) is 5.02 Å². The summed E-state index contributed by atoms with van der Waals surface area (Å²) in [4.78, 5) is 11.9. The zero-order valence-corrected chi connectivity index (χ0v) is 15.4. The van der Waals surface area contributed by atoms with Gasteiger partial charge in [-0.2, -0.15) is 0 Å². The van der Waals surface area contributed by atoms with E-state index in [1.54, 1.807) is 12.1 Å². The summed E-state index contributed by atoms with van der Waals surface area (Å²) in [6.07, 6.45) is 0. The Morgan fingerprint density at radius 3 is 2.40 bits per heavy atom. The lowest BCUT2D eigenvalue weighted by molar-refractivity contribution is 0.0450. The number of sulfonamides is 1. The van der Waals surface area contributed by atoms with Crippen molar-refractivity contribution >= 4 is 27.6 Å². The van der Waals surface area contributed by atoms with Gasteiger partial charge >= 0.3 is 5.97 Å². The smallest absolute Gasteiger partial charge is 0.338 e. The second-order valence-corrected chi connectivity index (χ2v) is 7.76. The highest BCUT2D eigenvalue weighted by Crippen LogP contribution is 2.25. The van der Waals surface area contributed by atoms with Gasteiger partial charge in [-0.3, -0.25) is 0 Å². The molecule has 2 aromatic carbocycles. The molecule has 0 aliphatic heterocycles. The van der Waals surface area contributed by atoms with Gasteiger partial charge in [-0.25, -0.2) is 17.5 Å². The standard InChI is InChI=1S/C17H18ClNO5S/c1-19(2)25(21,22)16-12-13(8-9-15(16)18)17(20)24-11-10-23-14-6-4-3-5-7-14/h3-9,12H,10-11H2,1-2H3. The summed E-state index contributed by atoms with van der Waals surface area (Å²) in [5, 5.41) is 0.0395. The molecule has 25 heavy (non-hydrogen) atoms. The Hall–Kier alpha value is -2.09. The van der Waals surface area contributed by atoms with Crippen molar-refractivity contribution < 1.29 is 22.7 Å². The molecule has 0 atom stereocenters. The second kappa shape index (κ2) is 8.33. The molecule has 0 radical (unpaired) electrons. The number of para-hydroxylation sites is 1. The third kappa shape index (κ3) is 4.94. The fourth-order valence-electron chi connectivity index (χ4n) is 1.92. The van der Waals surface area contributed by atoms with Crippen molar-refractivity contribution in [2.75, 3.05) is 27.3 Å². The Morgan fingerprint density at radius 2 is 1.76 bits per heavy atom. The Kier molecular flexibility index (Phi) is 6.41. The van der Waals surface area contributed by atoms with Gasteiger partial charge in [0, 0.05) is 14.1 Å². The maximum absolute atomic E-state index is 12.2. The summed E-state index contributed by atoms with van der Waals surface area (Å²) in [6, 6.07) is 13.1. The predicted molar refractivity (Wildman–Crippen MR) is 94.5 cm³/mol. The number of rotatable bonds is 7. The average Bonchev–Trinajstić information content (AvgIpc) is 2.59. The van der Waals surface area contributed by atoms with E-state index < -0.39 is 16.0 Å². The maximum atomic E-state index is 12.2. The first-order valence-corrected chi connectivity index (χ1v) is 9.21. The third-order valence-corrected chi connectivity index (χ3v) is 5.55. The van der Waals surface area contributed by atoms with Gasteiger partial charge in [0.05, 0.1) is 10.6 Å². The number of nitrogens with zero attached hydrogens (tertiary/aromatic N) is 1. The molecule has 0 bridgehead atoms. The highest BCUT2D eigenvalue weighted by Gasteiger charge is 2.22. The number of ether oxygens (including phenoxy) is 2. The van der Waals surface area contributed by atoms with Crippen molar-refractivity contribution in [1.29, 1.82) is 0 Å². The van der Waals surface area contributed by atoms with E-state index in [1.807, 2.05) is 18.2 Å². The van der Waals surface area contributed by atoms with Crippen molar-refractivity contribution in [3.63, 3.8) is 0 Å². The Labute approximate surface area is 152 Å². The molecule has 0 N–H and O–H groups in total. The molecule has 2 rings (SSSR count). The van der Waals surface area contributed by atoms with Crippen LogP contribution >= 0.6 is 11.6 Å². The van der Waals surface area contributed by atoms with E-state index in [2.05, 4.69) is 0 Å². The first kappa shape index (κ1) is 19.2. The van der Waals surface area contributed by atoms with Crippen molar-refractivity contribution in [3.05, 3.63) is 59.1 Å². The molecule has 0 aliphatic carbocycles.